The first-order chi connectivity index (χ1) is 8.31. The van der Waals surface area contributed by atoms with Crippen LogP contribution in [-0.2, 0) is 0 Å². The highest BCUT2D eigenvalue weighted by Gasteiger charge is 2.09. The number of nitrogens with one attached hydrogen (secondary N) is 1. The first-order valence-corrected chi connectivity index (χ1v) is 7.91. The van der Waals surface area contributed by atoms with Crippen molar-refractivity contribution in [2.24, 2.45) is 0 Å². The molecule has 0 saturated heterocycles. The van der Waals surface area contributed by atoms with E-state index in [0.717, 1.165) is 6.54 Å². The fourth-order valence-corrected chi connectivity index (χ4v) is 2.36. The van der Waals surface area contributed by atoms with Gasteiger partial charge in [0.2, 0.25) is 0 Å². The van der Waals surface area contributed by atoms with Gasteiger partial charge in [-0.3, -0.25) is 0 Å². The third-order valence-corrected chi connectivity index (χ3v) is 3.75. The predicted molar refractivity (Wildman–Crippen MR) is 78.8 cm³/mol. The van der Waals surface area contributed by atoms with Gasteiger partial charge in [0.25, 0.3) is 0 Å². The van der Waals surface area contributed by atoms with Gasteiger partial charge >= 0.3 is 0 Å². The lowest BCUT2D eigenvalue weighted by molar-refractivity contribution is 0.481. The van der Waals surface area contributed by atoms with Crippen LogP contribution in [0.1, 0.15) is 51.1 Å². The maximum atomic E-state index is 3.65. The molecule has 0 aliphatic rings. The molecular formula is C15H25NS. The summed E-state index contributed by atoms with van der Waals surface area (Å²) in [6.45, 7) is 5.59. The quantitative estimate of drug-likeness (QED) is 0.676. The molecule has 0 radical (unpaired) electrons. The monoisotopic (exact) mass is 251 g/mol. The molecule has 1 rings (SSSR count). The highest BCUT2D eigenvalue weighted by molar-refractivity contribution is 7.98. The fourth-order valence-electron chi connectivity index (χ4n) is 1.95. The van der Waals surface area contributed by atoms with Crippen molar-refractivity contribution in [3.63, 3.8) is 0 Å². The first-order valence-electron chi connectivity index (χ1n) is 6.69. The third kappa shape index (κ3) is 5.13. The van der Waals surface area contributed by atoms with Crippen molar-refractivity contribution in [2.75, 3.05) is 12.8 Å². The minimum Gasteiger partial charge on any atom is -0.310 e. The van der Waals surface area contributed by atoms with E-state index in [1.54, 1.807) is 11.8 Å². The number of thioether (sulfide) groups is 1. The Hall–Kier alpha value is -0.470. The second kappa shape index (κ2) is 8.60. The number of rotatable bonds is 8. The van der Waals surface area contributed by atoms with Crippen LogP contribution in [0.3, 0.4) is 0 Å². The standard InChI is InChI=1S/C15H25NS/c1-4-6-7-15(16-12-5-2)13-8-10-14(17-3)11-9-13/h8-11,15-16H,4-7,12H2,1-3H3. The zero-order chi connectivity index (χ0) is 12.5. The summed E-state index contributed by atoms with van der Waals surface area (Å²) in [5.74, 6) is 0. The molecule has 2 heteroatoms. The Bertz CT molecular complexity index is 286. The van der Waals surface area contributed by atoms with E-state index in [0.29, 0.717) is 6.04 Å². The van der Waals surface area contributed by atoms with Gasteiger partial charge in [-0.05, 0) is 43.3 Å². The Morgan fingerprint density at radius 3 is 2.35 bits per heavy atom. The molecule has 0 fully saturated rings. The molecule has 1 N–H and O–H groups in total. The molecule has 0 aromatic heterocycles. The van der Waals surface area contributed by atoms with Crippen molar-refractivity contribution in [2.45, 2.75) is 50.5 Å². The highest BCUT2D eigenvalue weighted by Crippen LogP contribution is 2.22. The summed E-state index contributed by atoms with van der Waals surface area (Å²) in [5, 5.41) is 3.65. The van der Waals surface area contributed by atoms with Gasteiger partial charge in [0, 0.05) is 10.9 Å². The SMILES string of the molecule is CCCCC(NCCC)c1ccc(SC)cc1. The summed E-state index contributed by atoms with van der Waals surface area (Å²) in [6.07, 6.45) is 7.14. The van der Waals surface area contributed by atoms with Crippen LogP contribution < -0.4 is 5.32 Å². The Morgan fingerprint density at radius 2 is 1.82 bits per heavy atom. The van der Waals surface area contributed by atoms with Crippen LogP contribution in [0.15, 0.2) is 29.2 Å². The van der Waals surface area contributed by atoms with Gasteiger partial charge in [0.15, 0.2) is 0 Å². The highest BCUT2D eigenvalue weighted by atomic mass is 32.2. The Balaban J connectivity index is 2.65. The van der Waals surface area contributed by atoms with Gasteiger partial charge in [0.05, 0.1) is 0 Å². The molecule has 0 spiro atoms. The smallest absolute Gasteiger partial charge is 0.0320 e. The molecule has 17 heavy (non-hydrogen) atoms. The Kier molecular flexibility index (Phi) is 7.38. The van der Waals surface area contributed by atoms with E-state index in [1.165, 1.54) is 36.1 Å². The van der Waals surface area contributed by atoms with E-state index in [4.69, 9.17) is 0 Å². The summed E-state index contributed by atoms with van der Waals surface area (Å²) >= 11 is 1.80. The normalized spacial score (nSPS) is 12.6. The Labute approximate surface area is 110 Å². The zero-order valence-corrected chi connectivity index (χ0v) is 12.1. The average Bonchev–Trinajstić information content (AvgIpc) is 2.39. The fraction of sp³-hybridized carbons (Fsp3) is 0.600. The van der Waals surface area contributed by atoms with Crippen molar-refractivity contribution >= 4 is 11.8 Å². The van der Waals surface area contributed by atoms with E-state index in [1.807, 2.05) is 0 Å². The maximum absolute atomic E-state index is 3.65. The molecule has 0 bridgehead atoms. The maximum Gasteiger partial charge on any atom is 0.0320 e. The molecule has 1 unspecified atom stereocenters. The predicted octanol–water partition coefficient (Wildman–Crippen LogP) is 4.64. The summed E-state index contributed by atoms with van der Waals surface area (Å²) in [5.41, 5.74) is 1.43. The van der Waals surface area contributed by atoms with E-state index in [9.17, 15) is 0 Å². The Morgan fingerprint density at radius 1 is 1.12 bits per heavy atom. The minimum atomic E-state index is 0.533. The second-order valence-electron chi connectivity index (χ2n) is 4.42. The lowest BCUT2D eigenvalue weighted by Gasteiger charge is -2.19. The molecule has 0 aliphatic carbocycles. The van der Waals surface area contributed by atoms with Crippen LogP contribution in [0.2, 0.25) is 0 Å². The van der Waals surface area contributed by atoms with E-state index in [2.05, 4.69) is 49.7 Å². The molecule has 0 saturated carbocycles. The van der Waals surface area contributed by atoms with Gasteiger partial charge in [0.1, 0.15) is 0 Å². The summed E-state index contributed by atoms with van der Waals surface area (Å²) in [6, 6.07) is 9.54. The first kappa shape index (κ1) is 14.6. The van der Waals surface area contributed by atoms with Crippen LogP contribution in [0, 0.1) is 0 Å². The average molecular weight is 251 g/mol. The van der Waals surface area contributed by atoms with Gasteiger partial charge in [-0.15, -0.1) is 11.8 Å². The van der Waals surface area contributed by atoms with Crippen LogP contribution in [0.4, 0.5) is 0 Å². The van der Waals surface area contributed by atoms with Crippen molar-refractivity contribution in [3.8, 4) is 0 Å². The van der Waals surface area contributed by atoms with Gasteiger partial charge in [-0.1, -0.05) is 38.8 Å². The molecule has 1 atom stereocenters. The molecule has 0 aliphatic heterocycles. The largest absolute Gasteiger partial charge is 0.310 e. The van der Waals surface area contributed by atoms with Crippen LogP contribution in [-0.4, -0.2) is 12.8 Å². The van der Waals surface area contributed by atoms with Crippen molar-refractivity contribution in [3.05, 3.63) is 29.8 Å². The van der Waals surface area contributed by atoms with Gasteiger partial charge < -0.3 is 5.32 Å². The molecule has 1 aromatic rings. The van der Waals surface area contributed by atoms with Crippen molar-refractivity contribution in [1.82, 2.24) is 5.32 Å². The summed E-state index contributed by atoms with van der Waals surface area (Å²) in [7, 11) is 0. The van der Waals surface area contributed by atoms with Gasteiger partial charge in [-0.25, -0.2) is 0 Å². The van der Waals surface area contributed by atoms with E-state index in [-0.39, 0.29) is 0 Å². The van der Waals surface area contributed by atoms with Crippen LogP contribution >= 0.6 is 11.8 Å². The molecule has 0 heterocycles. The second-order valence-corrected chi connectivity index (χ2v) is 5.30. The van der Waals surface area contributed by atoms with Crippen LogP contribution in [0.5, 0.6) is 0 Å². The molecule has 0 amide bonds. The van der Waals surface area contributed by atoms with Gasteiger partial charge in [-0.2, -0.15) is 0 Å². The minimum absolute atomic E-state index is 0.533. The van der Waals surface area contributed by atoms with Crippen LogP contribution in [0.25, 0.3) is 0 Å². The molecule has 1 aromatic carbocycles. The topological polar surface area (TPSA) is 12.0 Å². The van der Waals surface area contributed by atoms with Crippen molar-refractivity contribution in [1.29, 1.82) is 0 Å². The summed E-state index contributed by atoms with van der Waals surface area (Å²) < 4.78 is 0. The number of hydrogen-bond donors (Lipinski definition) is 1. The van der Waals surface area contributed by atoms with E-state index < -0.39 is 0 Å². The number of hydrogen-bond acceptors (Lipinski definition) is 2. The number of benzene rings is 1. The lowest BCUT2D eigenvalue weighted by atomic mass is 10.0. The molecular weight excluding hydrogens is 226 g/mol. The lowest BCUT2D eigenvalue weighted by Crippen LogP contribution is -2.22. The summed E-state index contributed by atoms with van der Waals surface area (Å²) in [4.78, 5) is 1.35. The zero-order valence-electron chi connectivity index (χ0n) is 11.3. The molecule has 1 nitrogen and oxygen atoms in total. The molecule has 96 valence electrons. The number of unbranched alkanes of at least 4 members (excludes halogenated alkanes) is 1. The van der Waals surface area contributed by atoms with E-state index >= 15 is 0 Å². The third-order valence-electron chi connectivity index (χ3n) is 3.01. The van der Waals surface area contributed by atoms with Crippen molar-refractivity contribution < 1.29 is 0 Å².